The van der Waals surface area contributed by atoms with Gasteiger partial charge in [-0.15, -0.1) is 0 Å². The minimum absolute atomic E-state index is 0.000459. The van der Waals surface area contributed by atoms with E-state index in [0.717, 1.165) is 0 Å². The lowest BCUT2D eigenvalue weighted by Crippen LogP contribution is -2.39. The van der Waals surface area contributed by atoms with E-state index in [1.807, 2.05) is 27.7 Å². The third kappa shape index (κ3) is 4.64. The first-order chi connectivity index (χ1) is 14.2. The largest absolute Gasteiger partial charge is 0.355 e. The summed E-state index contributed by atoms with van der Waals surface area (Å²) in [5.74, 6) is -0.386. The van der Waals surface area contributed by atoms with E-state index in [1.54, 1.807) is 11.0 Å². The minimum Gasteiger partial charge on any atom is -0.355 e. The van der Waals surface area contributed by atoms with Gasteiger partial charge in [0.05, 0.1) is 17.0 Å². The fourth-order valence-electron chi connectivity index (χ4n) is 3.72. The van der Waals surface area contributed by atoms with E-state index in [1.165, 1.54) is 12.1 Å². The molecule has 2 aromatic rings. The maximum Gasteiger partial charge on any atom is 0.228 e. The molecule has 1 N–H and O–H groups in total. The Bertz CT molecular complexity index is 931. The number of hydrogen-bond acceptors (Lipinski definition) is 5. The lowest BCUT2D eigenvalue weighted by Gasteiger charge is -2.31. The molecule has 2 heterocycles. The van der Waals surface area contributed by atoms with E-state index in [0.29, 0.717) is 30.2 Å². The SMILES string of the molecule is CC(C)c1noc(CCNC(=O)[C@@H]2CC(=O)N(C(C)C)[C@H]2c2ccc(Cl)c(F)c2)n1. The molecule has 0 aliphatic carbocycles. The number of carbonyl (C=O) groups excluding carboxylic acids is 2. The summed E-state index contributed by atoms with van der Waals surface area (Å²) in [6.07, 6.45) is 0.456. The number of hydrogen-bond donors (Lipinski definition) is 1. The van der Waals surface area contributed by atoms with E-state index < -0.39 is 17.8 Å². The van der Waals surface area contributed by atoms with Gasteiger partial charge in [-0.25, -0.2) is 4.39 Å². The molecule has 9 heteroatoms. The first-order valence-corrected chi connectivity index (χ1v) is 10.4. The van der Waals surface area contributed by atoms with Crippen LogP contribution < -0.4 is 5.32 Å². The highest BCUT2D eigenvalue weighted by Crippen LogP contribution is 2.40. The Balaban J connectivity index is 1.73. The molecule has 2 amide bonds. The monoisotopic (exact) mass is 436 g/mol. The van der Waals surface area contributed by atoms with E-state index >= 15 is 0 Å². The van der Waals surface area contributed by atoms with Gasteiger partial charge in [-0.3, -0.25) is 9.59 Å². The molecule has 1 aliphatic rings. The Labute approximate surface area is 180 Å². The van der Waals surface area contributed by atoms with Crippen LogP contribution in [0.3, 0.4) is 0 Å². The van der Waals surface area contributed by atoms with Crippen molar-refractivity contribution >= 4 is 23.4 Å². The van der Waals surface area contributed by atoms with Crippen LogP contribution in [-0.2, 0) is 16.0 Å². The number of likely N-dealkylation sites (tertiary alicyclic amines) is 1. The average molecular weight is 437 g/mol. The van der Waals surface area contributed by atoms with Gasteiger partial charge in [0.1, 0.15) is 5.82 Å². The Morgan fingerprint density at radius 1 is 1.37 bits per heavy atom. The summed E-state index contributed by atoms with van der Waals surface area (Å²) in [6.45, 7) is 7.98. The second-order valence-corrected chi connectivity index (χ2v) is 8.47. The van der Waals surface area contributed by atoms with Crippen molar-refractivity contribution in [2.75, 3.05) is 6.54 Å². The summed E-state index contributed by atoms with van der Waals surface area (Å²) < 4.78 is 19.3. The maximum absolute atomic E-state index is 14.1. The zero-order valence-electron chi connectivity index (χ0n) is 17.5. The van der Waals surface area contributed by atoms with Crippen LogP contribution in [0.4, 0.5) is 4.39 Å². The van der Waals surface area contributed by atoms with Gasteiger partial charge in [-0.1, -0.05) is 36.7 Å². The van der Waals surface area contributed by atoms with Crippen molar-refractivity contribution in [1.29, 1.82) is 0 Å². The summed E-state index contributed by atoms with van der Waals surface area (Å²) in [6, 6.07) is 3.72. The minimum atomic E-state index is -0.630. The van der Waals surface area contributed by atoms with Crippen LogP contribution in [0, 0.1) is 11.7 Å². The predicted octanol–water partition coefficient (Wildman–Crippen LogP) is 3.64. The summed E-state index contributed by atoms with van der Waals surface area (Å²) in [7, 11) is 0. The van der Waals surface area contributed by atoms with E-state index in [-0.39, 0.29) is 35.2 Å². The van der Waals surface area contributed by atoms with Crippen molar-refractivity contribution in [3.8, 4) is 0 Å². The Hall–Kier alpha value is -2.48. The second kappa shape index (κ2) is 9.12. The molecule has 0 spiro atoms. The van der Waals surface area contributed by atoms with Crippen molar-refractivity contribution in [1.82, 2.24) is 20.4 Å². The second-order valence-electron chi connectivity index (χ2n) is 8.07. The lowest BCUT2D eigenvalue weighted by atomic mass is 9.92. The number of carbonyl (C=O) groups is 2. The lowest BCUT2D eigenvalue weighted by molar-refractivity contribution is -0.130. The first kappa shape index (κ1) is 22.2. The first-order valence-electron chi connectivity index (χ1n) is 10.0. The highest BCUT2D eigenvalue weighted by Gasteiger charge is 2.45. The van der Waals surface area contributed by atoms with Gasteiger partial charge in [0.15, 0.2) is 5.82 Å². The molecule has 1 aromatic carbocycles. The van der Waals surface area contributed by atoms with Gasteiger partial charge in [0, 0.05) is 31.3 Å². The molecule has 1 saturated heterocycles. The topological polar surface area (TPSA) is 88.3 Å². The van der Waals surface area contributed by atoms with Crippen LogP contribution in [0.5, 0.6) is 0 Å². The standard InChI is InChI=1S/C21H26ClFN4O3/c1-11(2)20-25-17(30-26-20)7-8-24-21(29)14-10-18(28)27(12(3)4)19(14)13-5-6-15(22)16(23)9-13/h5-6,9,11-12,14,19H,7-8,10H2,1-4H3,(H,24,29)/t14-,19+/m1/s1. The molecule has 162 valence electrons. The third-order valence-corrected chi connectivity index (χ3v) is 5.49. The Morgan fingerprint density at radius 2 is 2.10 bits per heavy atom. The normalized spacial score (nSPS) is 19.2. The highest BCUT2D eigenvalue weighted by molar-refractivity contribution is 6.30. The van der Waals surface area contributed by atoms with Crippen molar-refractivity contribution in [3.63, 3.8) is 0 Å². The van der Waals surface area contributed by atoms with Gasteiger partial charge in [-0.05, 0) is 31.5 Å². The van der Waals surface area contributed by atoms with Gasteiger partial charge in [0.2, 0.25) is 17.7 Å². The van der Waals surface area contributed by atoms with E-state index in [2.05, 4.69) is 15.5 Å². The number of halogens is 2. The quantitative estimate of drug-likeness (QED) is 0.715. The predicted molar refractivity (Wildman–Crippen MR) is 109 cm³/mol. The van der Waals surface area contributed by atoms with Crippen LogP contribution >= 0.6 is 11.6 Å². The number of amides is 2. The van der Waals surface area contributed by atoms with Gasteiger partial charge >= 0.3 is 0 Å². The van der Waals surface area contributed by atoms with Crippen molar-refractivity contribution in [3.05, 3.63) is 46.3 Å². The number of benzene rings is 1. The van der Waals surface area contributed by atoms with Crippen LogP contribution in [0.1, 0.15) is 63.4 Å². The van der Waals surface area contributed by atoms with Crippen LogP contribution in [0.2, 0.25) is 5.02 Å². The zero-order valence-corrected chi connectivity index (χ0v) is 18.2. The molecule has 1 aromatic heterocycles. The van der Waals surface area contributed by atoms with Crippen molar-refractivity contribution in [2.24, 2.45) is 5.92 Å². The van der Waals surface area contributed by atoms with Gasteiger partial charge < -0.3 is 14.7 Å². The summed E-state index contributed by atoms with van der Waals surface area (Å²) in [5, 5.41) is 6.75. The molecular formula is C21H26ClFN4O3. The fraction of sp³-hybridized carbons (Fsp3) is 0.524. The molecule has 7 nitrogen and oxygen atoms in total. The molecule has 1 fully saturated rings. The summed E-state index contributed by atoms with van der Waals surface area (Å²) in [4.78, 5) is 31.5. The van der Waals surface area contributed by atoms with E-state index in [9.17, 15) is 14.0 Å². The average Bonchev–Trinajstić information content (AvgIpc) is 3.28. The van der Waals surface area contributed by atoms with Crippen LogP contribution in [0.25, 0.3) is 0 Å². The molecule has 2 atom stereocenters. The Morgan fingerprint density at radius 3 is 2.70 bits per heavy atom. The Kier molecular flexibility index (Phi) is 6.75. The molecular weight excluding hydrogens is 411 g/mol. The summed E-state index contributed by atoms with van der Waals surface area (Å²) in [5.41, 5.74) is 0.551. The molecule has 1 aliphatic heterocycles. The van der Waals surface area contributed by atoms with Crippen molar-refractivity contribution < 1.29 is 18.5 Å². The maximum atomic E-state index is 14.1. The summed E-state index contributed by atoms with van der Waals surface area (Å²) >= 11 is 5.81. The van der Waals surface area contributed by atoms with E-state index in [4.69, 9.17) is 16.1 Å². The smallest absolute Gasteiger partial charge is 0.228 e. The van der Waals surface area contributed by atoms with Crippen LogP contribution in [0.15, 0.2) is 22.7 Å². The highest BCUT2D eigenvalue weighted by atomic mass is 35.5. The fourth-order valence-corrected chi connectivity index (χ4v) is 3.83. The number of aromatic nitrogens is 2. The van der Waals surface area contributed by atoms with Crippen LogP contribution in [-0.4, -0.2) is 39.4 Å². The molecule has 0 unspecified atom stereocenters. The molecule has 0 radical (unpaired) electrons. The van der Waals surface area contributed by atoms with Crippen molar-refractivity contribution in [2.45, 2.75) is 58.5 Å². The van der Waals surface area contributed by atoms with Gasteiger partial charge in [-0.2, -0.15) is 4.98 Å². The molecule has 3 rings (SSSR count). The number of rotatable bonds is 7. The molecule has 30 heavy (non-hydrogen) atoms. The van der Waals surface area contributed by atoms with Gasteiger partial charge in [0.25, 0.3) is 0 Å². The zero-order chi connectivity index (χ0) is 22.0. The third-order valence-electron chi connectivity index (χ3n) is 5.18. The number of nitrogens with zero attached hydrogens (tertiary/aromatic N) is 3. The molecule has 0 saturated carbocycles. The number of nitrogens with one attached hydrogen (secondary N) is 1. The molecule has 0 bridgehead atoms.